The number of piperidine rings is 1. The van der Waals surface area contributed by atoms with E-state index in [4.69, 9.17) is 10.7 Å². The lowest BCUT2D eigenvalue weighted by molar-refractivity contribution is 0.418. The molecule has 1 atom stereocenters. The third kappa shape index (κ3) is 2.99. The summed E-state index contributed by atoms with van der Waals surface area (Å²) in [7, 11) is 0. The van der Waals surface area contributed by atoms with Gasteiger partial charge in [0.2, 0.25) is 5.95 Å². The second kappa shape index (κ2) is 5.22. The average Bonchev–Trinajstić information content (AvgIpc) is 2.38. The quantitative estimate of drug-likeness (QED) is 0.869. The molecule has 1 aromatic rings. The summed E-state index contributed by atoms with van der Waals surface area (Å²) >= 11 is 0. The highest BCUT2D eigenvalue weighted by molar-refractivity contribution is 5.32. The van der Waals surface area contributed by atoms with Gasteiger partial charge >= 0.3 is 0 Å². The van der Waals surface area contributed by atoms with Gasteiger partial charge < -0.3 is 10.6 Å². The molecule has 100 valence electrons. The monoisotopic (exact) mass is 248 g/mol. The zero-order chi connectivity index (χ0) is 13.2. The number of hydrogen-bond donors (Lipinski definition) is 1. The van der Waals surface area contributed by atoms with Crippen LogP contribution in [0.4, 0.5) is 5.95 Å². The van der Waals surface area contributed by atoms with Gasteiger partial charge in [0, 0.05) is 24.7 Å². The van der Waals surface area contributed by atoms with E-state index in [1.165, 1.54) is 12.8 Å². The molecule has 2 rings (SSSR count). The van der Waals surface area contributed by atoms with E-state index in [1.807, 2.05) is 12.3 Å². The lowest BCUT2D eigenvalue weighted by atomic mass is 9.92. The van der Waals surface area contributed by atoms with Gasteiger partial charge in [0.15, 0.2) is 0 Å². The molecular weight excluding hydrogens is 224 g/mol. The van der Waals surface area contributed by atoms with E-state index in [2.05, 4.69) is 30.7 Å². The molecule has 1 aliphatic rings. The number of nitrogens with zero attached hydrogens (tertiary/aromatic N) is 3. The molecule has 0 radical (unpaired) electrons. The number of aromatic nitrogens is 2. The van der Waals surface area contributed by atoms with Gasteiger partial charge in [-0.15, -0.1) is 0 Å². The van der Waals surface area contributed by atoms with Crippen molar-refractivity contribution in [3.05, 3.63) is 18.0 Å². The van der Waals surface area contributed by atoms with Crippen molar-refractivity contribution in [1.82, 2.24) is 9.97 Å². The third-order valence-electron chi connectivity index (χ3n) is 3.55. The van der Waals surface area contributed by atoms with Gasteiger partial charge in [-0.1, -0.05) is 20.8 Å². The van der Waals surface area contributed by atoms with Crippen LogP contribution in [-0.2, 0) is 5.41 Å². The Kier molecular flexibility index (Phi) is 3.85. The SMILES string of the molecule is CC(C)(C)c1ccnc(N2CCCC(CN)C2)n1. The molecular formula is C14H24N4. The van der Waals surface area contributed by atoms with Crippen LogP contribution in [0.2, 0.25) is 0 Å². The minimum atomic E-state index is 0.0702. The normalized spacial score (nSPS) is 21.1. The zero-order valence-corrected chi connectivity index (χ0v) is 11.7. The molecule has 0 saturated carbocycles. The fraction of sp³-hybridized carbons (Fsp3) is 0.714. The molecule has 4 nitrogen and oxygen atoms in total. The number of rotatable bonds is 2. The van der Waals surface area contributed by atoms with Crippen LogP contribution in [0.15, 0.2) is 12.3 Å². The van der Waals surface area contributed by atoms with Crippen molar-refractivity contribution in [2.45, 2.75) is 39.0 Å². The summed E-state index contributed by atoms with van der Waals surface area (Å²) in [6.07, 6.45) is 4.28. The molecule has 1 unspecified atom stereocenters. The summed E-state index contributed by atoms with van der Waals surface area (Å²) in [6.45, 7) is 9.33. The van der Waals surface area contributed by atoms with E-state index in [0.29, 0.717) is 5.92 Å². The van der Waals surface area contributed by atoms with Crippen LogP contribution in [0, 0.1) is 5.92 Å². The van der Waals surface area contributed by atoms with Crippen molar-refractivity contribution in [1.29, 1.82) is 0 Å². The van der Waals surface area contributed by atoms with E-state index < -0.39 is 0 Å². The maximum absolute atomic E-state index is 5.78. The predicted molar refractivity (Wildman–Crippen MR) is 74.7 cm³/mol. The van der Waals surface area contributed by atoms with Crippen LogP contribution in [0.1, 0.15) is 39.3 Å². The molecule has 1 aliphatic heterocycles. The highest BCUT2D eigenvalue weighted by Crippen LogP contribution is 2.23. The third-order valence-corrected chi connectivity index (χ3v) is 3.55. The standard InChI is InChI=1S/C14H24N4/c1-14(2,3)12-6-7-16-13(17-12)18-8-4-5-11(9-15)10-18/h6-7,11H,4-5,8-10,15H2,1-3H3. The first-order valence-corrected chi connectivity index (χ1v) is 6.79. The van der Waals surface area contributed by atoms with Gasteiger partial charge in [-0.25, -0.2) is 9.97 Å². The van der Waals surface area contributed by atoms with E-state index in [0.717, 1.165) is 31.3 Å². The molecule has 0 spiro atoms. The average molecular weight is 248 g/mol. The first-order chi connectivity index (χ1) is 8.50. The number of nitrogens with two attached hydrogens (primary N) is 1. The largest absolute Gasteiger partial charge is 0.340 e. The minimum absolute atomic E-state index is 0.0702. The minimum Gasteiger partial charge on any atom is -0.340 e. The van der Waals surface area contributed by atoms with Gasteiger partial charge in [0.25, 0.3) is 0 Å². The summed E-state index contributed by atoms with van der Waals surface area (Å²) in [4.78, 5) is 11.4. The van der Waals surface area contributed by atoms with Crippen molar-refractivity contribution < 1.29 is 0 Å². The van der Waals surface area contributed by atoms with Crippen LogP contribution in [0.3, 0.4) is 0 Å². The summed E-state index contributed by atoms with van der Waals surface area (Å²) in [5.41, 5.74) is 6.94. The fourth-order valence-corrected chi connectivity index (χ4v) is 2.36. The molecule has 18 heavy (non-hydrogen) atoms. The van der Waals surface area contributed by atoms with Crippen molar-refractivity contribution >= 4 is 5.95 Å². The van der Waals surface area contributed by atoms with Gasteiger partial charge in [0.05, 0.1) is 5.69 Å². The van der Waals surface area contributed by atoms with Gasteiger partial charge in [-0.05, 0) is 31.4 Å². The molecule has 0 amide bonds. The van der Waals surface area contributed by atoms with Crippen molar-refractivity contribution in [3.63, 3.8) is 0 Å². The van der Waals surface area contributed by atoms with Crippen LogP contribution in [0.25, 0.3) is 0 Å². The van der Waals surface area contributed by atoms with Crippen LogP contribution >= 0.6 is 0 Å². The summed E-state index contributed by atoms with van der Waals surface area (Å²) in [6, 6.07) is 2.01. The smallest absolute Gasteiger partial charge is 0.225 e. The number of anilines is 1. The van der Waals surface area contributed by atoms with Crippen LogP contribution < -0.4 is 10.6 Å². The van der Waals surface area contributed by atoms with Crippen LogP contribution in [0.5, 0.6) is 0 Å². The van der Waals surface area contributed by atoms with Gasteiger partial charge in [-0.3, -0.25) is 0 Å². The fourth-order valence-electron chi connectivity index (χ4n) is 2.36. The molecule has 4 heteroatoms. The van der Waals surface area contributed by atoms with Crippen molar-refractivity contribution in [2.75, 3.05) is 24.5 Å². The Morgan fingerprint density at radius 1 is 1.44 bits per heavy atom. The van der Waals surface area contributed by atoms with Gasteiger partial charge in [0.1, 0.15) is 0 Å². The molecule has 0 aromatic carbocycles. The van der Waals surface area contributed by atoms with E-state index in [-0.39, 0.29) is 5.41 Å². The maximum Gasteiger partial charge on any atom is 0.225 e. The zero-order valence-electron chi connectivity index (χ0n) is 11.7. The van der Waals surface area contributed by atoms with E-state index in [9.17, 15) is 0 Å². The Bertz CT molecular complexity index is 397. The Morgan fingerprint density at radius 3 is 2.89 bits per heavy atom. The highest BCUT2D eigenvalue weighted by Gasteiger charge is 2.22. The Morgan fingerprint density at radius 2 is 2.22 bits per heavy atom. The topological polar surface area (TPSA) is 55.0 Å². The molecule has 1 aromatic heterocycles. The van der Waals surface area contributed by atoms with Gasteiger partial charge in [-0.2, -0.15) is 0 Å². The van der Waals surface area contributed by atoms with E-state index >= 15 is 0 Å². The van der Waals surface area contributed by atoms with E-state index in [1.54, 1.807) is 0 Å². The Hall–Kier alpha value is -1.16. The molecule has 2 N–H and O–H groups in total. The summed E-state index contributed by atoms with van der Waals surface area (Å²) in [5.74, 6) is 1.45. The van der Waals surface area contributed by atoms with Crippen molar-refractivity contribution in [2.24, 2.45) is 11.7 Å². The second-order valence-electron chi connectivity index (χ2n) is 6.18. The first kappa shape index (κ1) is 13.3. The summed E-state index contributed by atoms with van der Waals surface area (Å²) in [5, 5.41) is 0. The van der Waals surface area contributed by atoms with Crippen LogP contribution in [-0.4, -0.2) is 29.6 Å². The maximum atomic E-state index is 5.78. The van der Waals surface area contributed by atoms with Crippen molar-refractivity contribution in [3.8, 4) is 0 Å². The predicted octanol–water partition coefficient (Wildman–Crippen LogP) is 1.95. The molecule has 1 saturated heterocycles. The molecule has 0 aliphatic carbocycles. The Balaban J connectivity index is 2.18. The Labute approximate surface area is 110 Å². The first-order valence-electron chi connectivity index (χ1n) is 6.79. The lowest BCUT2D eigenvalue weighted by Gasteiger charge is -2.32. The molecule has 0 bridgehead atoms. The highest BCUT2D eigenvalue weighted by atomic mass is 15.3. The summed E-state index contributed by atoms with van der Waals surface area (Å²) < 4.78 is 0. The molecule has 2 heterocycles. The lowest BCUT2D eigenvalue weighted by Crippen LogP contribution is -2.39. The number of hydrogen-bond acceptors (Lipinski definition) is 4. The second-order valence-corrected chi connectivity index (χ2v) is 6.18. The molecule has 1 fully saturated rings.